The van der Waals surface area contributed by atoms with Gasteiger partial charge in [-0.05, 0) is 26.7 Å². The van der Waals surface area contributed by atoms with Crippen LogP contribution in [0.3, 0.4) is 0 Å². The minimum Gasteiger partial charge on any atom is -0.358 e. The highest BCUT2D eigenvalue weighted by Crippen LogP contribution is 2.07. The standard InChI is InChI=1S/C10H22BO5/c1-5-9(13-7-3)15-11(12)16-10(6-2)14-8-4/h9-10H,5-8H2,1-4H3. The smallest absolute Gasteiger partial charge is 0.358 e. The lowest BCUT2D eigenvalue weighted by Gasteiger charge is -2.20. The average Bonchev–Trinajstić information content (AvgIpc) is 2.27. The molecule has 0 aromatic rings. The van der Waals surface area contributed by atoms with Gasteiger partial charge in [-0.1, -0.05) is 13.8 Å². The van der Waals surface area contributed by atoms with E-state index in [2.05, 4.69) is 0 Å². The van der Waals surface area contributed by atoms with E-state index in [1.165, 1.54) is 0 Å². The minimum atomic E-state index is -1.56. The van der Waals surface area contributed by atoms with Crippen molar-refractivity contribution in [1.82, 2.24) is 0 Å². The molecule has 0 aliphatic rings. The third-order valence-corrected chi connectivity index (χ3v) is 1.90. The second-order valence-corrected chi connectivity index (χ2v) is 3.15. The van der Waals surface area contributed by atoms with E-state index in [1.54, 1.807) is 0 Å². The minimum absolute atomic E-state index is 0.508. The Morgan fingerprint density at radius 2 is 1.25 bits per heavy atom. The van der Waals surface area contributed by atoms with Gasteiger partial charge < -0.3 is 18.8 Å². The van der Waals surface area contributed by atoms with E-state index in [0.29, 0.717) is 26.1 Å². The molecule has 95 valence electrons. The molecule has 16 heavy (non-hydrogen) atoms. The first-order valence-corrected chi connectivity index (χ1v) is 5.87. The fraction of sp³-hybridized carbons (Fsp3) is 1.00. The van der Waals surface area contributed by atoms with Crippen LogP contribution in [0.1, 0.15) is 40.5 Å². The Hall–Kier alpha value is -0.135. The Kier molecular flexibility index (Phi) is 9.96. The molecule has 0 spiro atoms. The van der Waals surface area contributed by atoms with Gasteiger partial charge in [0.2, 0.25) is 0 Å². The molecule has 0 aliphatic heterocycles. The predicted octanol–water partition coefficient (Wildman–Crippen LogP) is 1.98. The van der Waals surface area contributed by atoms with Crippen LogP contribution in [-0.2, 0) is 23.8 Å². The summed E-state index contributed by atoms with van der Waals surface area (Å²) in [4.78, 5) is 0. The van der Waals surface area contributed by atoms with Crippen molar-refractivity contribution in [3.05, 3.63) is 0 Å². The van der Waals surface area contributed by atoms with Crippen molar-refractivity contribution in [3.63, 3.8) is 0 Å². The van der Waals surface area contributed by atoms with E-state index in [0.717, 1.165) is 0 Å². The van der Waals surface area contributed by atoms with Gasteiger partial charge >= 0.3 is 7.32 Å². The summed E-state index contributed by atoms with van der Waals surface area (Å²) in [7, 11) is -1.56. The molecule has 0 fully saturated rings. The summed E-state index contributed by atoms with van der Waals surface area (Å²) in [5.41, 5.74) is 0. The zero-order chi connectivity index (χ0) is 12.4. The topological polar surface area (TPSA) is 56.8 Å². The molecule has 0 N–H and O–H groups in total. The Bertz CT molecular complexity index is 142. The number of hydrogen-bond acceptors (Lipinski definition) is 4. The Balaban J connectivity index is 3.88. The van der Waals surface area contributed by atoms with Crippen LogP contribution >= 0.6 is 0 Å². The first-order valence-electron chi connectivity index (χ1n) is 5.87. The van der Waals surface area contributed by atoms with Crippen LogP contribution in [0, 0.1) is 0 Å². The molecule has 0 aliphatic carbocycles. The fourth-order valence-electron chi connectivity index (χ4n) is 1.16. The molecule has 0 bridgehead atoms. The van der Waals surface area contributed by atoms with E-state index in [1.807, 2.05) is 27.7 Å². The summed E-state index contributed by atoms with van der Waals surface area (Å²) in [6, 6.07) is 0. The average molecular weight is 233 g/mol. The van der Waals surface area contributed by atoms with Crippen molar-refractivity contribution in [1.29, 1.82) is 0 Å². The normalized spacial score (nSPS) is 14.8. The molecule has 2 atom stereocenters. The Morgan fingerprint density at radius 3 is 1.50 bits per heavy atom. The van der Waals surface area contributed by atoms with Gasteiger partial charge in [0.25, 0.3) is 0 Å². The first kappa shape index (κ1) is 15.9. The van der Waals surface area contributed by atoms with E-state index >= 15 is 0 Å². The lowest BCUT2D eigenvalue weighted by molar-refractivity contribution is -0.145. The predicted molar refractivity (Wildman–Crippen MR) is 60.0 cm³/mol. The Labute approximate surface area is 98.2 Å². The molecule has 0 amide bonds. The second-order valence-electron chi connectivity index (χ2n) is 3.15. The van der Waals surface area contributed by atoms with Crippen LogP contribution in [0.5, 0.6) is 0 Å². The van der Waals surface area contributed by atoms with Crippen LogP contribution in [-0.4, -0.2) is 33.1 Å². The van der Waals surface area contributed by atoms with Crippen LogP contribution in [0.25, 0.3) is 0 Å². The Morgan fingerprint density at radius 1 is 0.875 bits per heavy atom. The van der Waals surface area contributed by atoms with Gasteiger partial charge in [0.05, 0.1) is 0 Å². The maximum absolute atomic E-state index is 11.4. The SMILES string of the molecule is CCOC(CC)OB([O])OC(CC)OCC. The fourth-order valence-corrected chi connectivity index (χ4v) is 1.16. The van der Waals surface area contributed by atoms with E-state index in [4.69, 9.17) is 18.8 Å². The summed E-state index contributed by atoms with van der Waals surface area (Å²) in [6.07, 6.45) is 0.209. The largest absolute Gasteiger partial charge is 0.670 e. The van der Waals surface area contributed by atoms with E-state index in [-0.39, 0.29) is 0 Å². The van der Waals surface area contributed by atoms with Crippen molar-refractivity contribution in [3.8, 4) is 0 Å². The summed E-state index contributed by atoms with van der Waals surface area (Å²) < 4.78 is 20.5. The summed E-state index contributed by atoms with van der Waals surface area (Å²) >= 11 is 0. The van der Waals surface area contributed by atoms with Crippen molar-refractivity contribution >= 4 is 7.32 Å². The maximum atomic E-state index is 11.4. The molecule has 0 heterocycles. The lowest BCUT2D eigenvalue weighted by Crippen LogP contribution is -2.34. The van der Waals surface area contributed by atoms with E-state index in [9.17, 15) is 5.02 Å². The first-order chi connectivity index (χ1) is 7.67. The van der Waals surface area contributed by atoms with Crippen LogP contribution < -0.4 is 0 Å². The zero-order valence-electron chi connectivity index (χ0n) is 10.6. The quantitative estimate of drug-likeness (QED) is 0.427. The third-order valence-electron chi connectivity index (χ3n) is 1.90. The van der Waals surface area contributed by atoms with Crippen molar-refractivity contribution in [2.75, 3.05) is 13.2 Å². The summed E-state index contributed by atoms with van der Waals surface area (Å²) in [5.74, 6) is 0. The molecule has 0 aromatic heterocycles. The van der Waals surface area contributed by atoms with Gasteiger partial charge in [-0.25, -0.2) is 5.02 Å². The lowest BCUT2D eigenvalue weighted by atomic mass is 10.2. The number of hydrogen-bond donors (Lipinski definition) is 0. The summed E-state index contributed by atoms with van der Waals surface area (Å²) in [5, 5.41) is 11.4. The molecule has 1 radical (unpaired) electrons. The van der Waals surface area contributed by atoms with Crippen LogP contribution in [0.4, 0.5) is 0 Å². The second kappa shape index (κ2) is 10.0. The van der Waals surface area contributed by atoms with E-state index < -0.39 is 19.9 Å². The molecule has 0 aromatic carbocycles. The highest BCUT2D eigenvalue weighted by molar-refractivity contribution is 6.34. The van der Waals surface area contributed by atoms with Gasteiger partial charge in [-0.2, -0.15) is 0 Å². The monoisotopic (exact) mass is 233 g/mol. The molecule has 0 saturated heterocycles. The molecular formula is C10H22BO5. The molecular weight excluding hydrogens is 211 g/mol. The van der Waals surface area contributed by atoms with Crippen LogP contribution in [0.15, 0.2) is 0 Å². The highest BCUT2D eigenvalue weighted by atomic mass is 16.8. The van der Waals surface area contributed by atoms with Crippen molar-refractivity contribution in [2.24, 2.45) is 0 Å². The number of rotatable bonds is 10. The molecule has 2 unspecified atom stereocenters. The third kappa shape index (κ3) is 7.19. The highest BCUT2D eigenvalue weighted by Gasteiger charge is 2.26. The molecule has 0 rings (SSSR count). The zero-order valence-corrected chi connectivity index (χ0v) is 10.6. The summed E-state index contributed by atoms with van der Waals surface area (Å²) in [6.45, 7) is 8.48. The molecule has 5 nitrogen and oxygen atoms in total. The van der Waals surface area contributed by atoms with Crippen molar-refractivity contribution < 1.29 is 23.8 Å². The molecule has 0 saturated carbocycles. The van der Waals surface area contributed by atoms with Gasteiger partial charge in [0.1, 0.15) is 12.6 Å². The van der Waals surface area contributed by atoms with Gasteiger partial charge in [0, 0.05) is 13.2 Å². The van der Waals surface area contributed by atoms with Crippen molar-refractivity contribution in [2.45, 2.75) is 53.1 Å². The van der Waals surface area contributed by atoms with Gasteiger partial charge in [0.15, 0.2) is 0 Å². The van der Waals surface area contributed by atoms with Crippen LogP contribution in [0.2, 0.25) is 0 Å². The molecule has 6 heteroatoms. The maximum Gasteiger partial charge on any atom is 0.670 e. The van der Waals surface area contributed by atoms with Gasteiger partial charge in [-0.3, -0.25) is 0 Å². The number of ether oxygens (including phenoxy) is 2. The van der Waals surface area contributed by atoms with Gasteiger partial charge in [-0.15, -0.1) is 0 Å².